The molecule has 0 saturated carbocycles. The summed E-state index contributed by atoms with van der Waals surface area (Å²) in [4.78, 5) is 31.5. The van der Waals surface area contributed by atoms with E-state index in [9.17, 15) is 9.59 Å². The van der Waals surface area contributed by atoms with E-state index in [1.165, 1.54) is 18.9 Å². The van der Waals surface area contributed by atoms with Crippen LogP contribution in [-0.4, -0.2) is 42.2 Å². The zero-order valence-corrected chi connectivity index (χ0v) is 18.8. The van der Waals surface area contributed by atoms with Gasteiger partial charge in [-0.3, -0.25) is 9.69 Å². The van der Waals surface area contributed by atoms with Crippen LogP contribution < -0.4 is 4.74 Å². The molecular weight excluding hydrogens is 412 g/mol. The first-order valence-corrected chi connectivity index (χ1v) is 11.1. The summed E-state index contributed by atoms with van der Waals surface area (Å²) < 4.78 is 10.5. The molecule has 31 heavy (non-hydrogen) atoms. The van der Waals surface area contributed by atoms with Crippen molar-refractivity contribution in [1.29, 1.82) is 0 Å². The first-order valence-electron chi connectivity index (χ1n) is 10.3. The van der Waals surface area contributed by atoms with Crippen molar-refractivity contribution in [2.75, 3.05) is 20.3 Å². The molecule has 1 aliphatic rings. The largest absolute Gasteiger partial charge is 0.494 e. The van der Waals surface area contributed by atoms with Crippen molar-refractivity contribution in [3.05, 3.63) is 64.6 Å². The number of methoxy groups -OCH3 is 1. The van der Waals surface area contributed by atoms with E-state index in [0.29, 0.717) is 34.5 Å². The van der Waals surface area contributed by atoms with Gasteiger partial charge in [-0.15, -0.1) is 0 Å². The third kappa shape index (κ3) is 5.76. The molecule has 1 amide bonds. The summed E-state index contributed by atoms with van der Waals surface area (Å²) in [5, 5.41) is 0.580. The molecule has 3 rings (SSSR count). The summed E-state index contributed by atoms with van der Waals surface area (Å²) in [5.41, 5.74) is 1.90. The fraction of sp³-hybridized carbons (Fsp3) is 0.292. The molecule has 1 aliphatic heterocycles. The molecule has 1 fully saturated rings. The number of thioether (sulfide) groups is 1. The molecule has 0 aromatic heterocycles. The molecule has 7 heteroatoms. The van der Waals surface area contributed by atoms with Gasteiger partial charge in [0.1, 0.15) is 5.75 Å². The highest BCUT2D eigenvalue weighted by Crippen LogP contribution is 2.34. The quantitative estimate of drug-likeness (QED) is 0.319. The molecule has 0 unspecified atom stereocenters. The number of benzene rings is 2. The first-order chi connectivity index (χ1) is 15.0. The zero-order valence-electron chi connectivity index (χ0n) is 18.0. The second-order valence-corrected chi connectivity index (χ2v) is 7.88. The summed E-state index contributed by atoms with van der Waals surface area (Å²) >= 11 is 1.32. The number of likely N-dealkylation sites (N-methyl/N-ethyl adjacent to an activating group) is 1. The molecule has 1 saturated heterocycles. The Kier molecular flexibility index (Phi) is 7.89. The van der Waals surface area contributed by atoms with Crippen molar-refractivity contribution in [1.82, 2.24) is 4.90 Å². The number of unbranched alkanes of at least 4 members (excludes halogenated alkanes) is 1. The number of hydrogen-bond acceptors (Lipinski definition) is 6. The Morgan fingerprint density at radius 1 is 1.16 bits per heavy atom. The monoisotopic (exact) mass is 438 g/mol. The van der Waals surface area contributed by atoms with Crippen molar-refractivity contribution in [3.63, 3.8) is 0 Å². The minimum atomic E-state index is -0.425. The number of aliphatic imine (C=N–C) groups is 1. The van der Waals surface area contributed by atoms with Gasteiger partial charge in [-0.05, 0) is 67.1 Å². The van der Waals surface area contributed by atoms with Gasteiger partial charge >= 0.3 is 5.97 Å². The maximum atomic E-state index is 12.9. The molecule has 0 spiro atoms. The molecule has 0 bridgehead atoms. The van der Waals surface area contributed by atoms with E-state index in [1.54, 1.807) is 29.2 Å². The van der Waals surface area contributed by atoms with Crippen LogP contribution in [0.2, 0.25) is 0 Å². The number of carbonyl (C=O) groups excluding carboxylic acids is 2. The molecule has 6 nitrogen and oxygen atoms in total. The van der Waals surface area contributed by atoms with E-state index >= 15 is 0 Å². The average molecular weight is 439 g/mol. The Morgan fingerprint density at radius 3 is 2.71 bits per heavy atom. The van der Waals surface area contributed by atoms with Gasteiger partial charge in [0.2, 0.25) is 0 Å². The third-order valence-corrected chi connectivity index (χ3v) is 5.63. The fourth-order valence-electron chi connectivity index (χ4n) is 2.98. The molecular formula is C24H26N2O4S. The first kappa shape index (κ1) is 22.6. The van der Waals surface area contributed by atoms with E-state index in [1.807, 2.05) is 37.3 Å². The third-order valence-electron chi connectivity index (χ3n) is 4.62. The molecule has 0 atom stereocenters. The lowest BCUT2D eigenvalue weighted by molar-refractivity contribution is -0.122. The second-order valence-electron chi connectivity index (χ2n) is 6.87. The summed E-state index contributed by atoms with van der Waals surface area (Å²) in [6.07, 6.45) is 3.93. The van der Waals surface area contributed by atoms with E-state index < -0.39 is 5.97 Å². The predicted molar refractivity (Wildman–Crippen MR) is 125 cm³/mol. The topological polar surface area (TPSA) is 68.2 Å². The Morgan fingerprint density at radius 2 is 1.97 bits per heavy atom. The van der Waals surface area contributed by atoms with Crippen LogP contribution in [0.15, 0.2) is 58.4 Å². The van der Waals surface area contributed by atoms with Gasteiger partial charge in [0, 0.05) is 6.54 Å². The lowest BCUT2D eigenvalue weighted by Crippen LogP contribution is -2.28. The highest BCUT2D eigenvalue weighted by molar-refractivity contribution is 8.18. The fourth-order valence-corrected chi connectivity index (χ4v) is 4.04. The van der Waals surface area contributed by atoms with Crippen molar-refractivity contribution in [3.8, 4) is 5.75 Å². The van der Waals surface area contributed by atoms with Crippen molar-refractivity contribution in [2.24, 2.45) is 4.99 Å². The molecule has 162 valence electrons. The van der Waals surface area contributed by atoms with Crippen LogP contribution in [0.4, 0.5) is 5.69 Å². The average Bonchev–Trinajstić information content (AvgIpc) is 3.07. The van der Waals surface area contributed by atoms with E-state index in [2.05, 4.69) is 11.9 Å². The van der Waals surface area contributed by atoms with Crippen molar-refractivity contribution in [2.45, 2.75) is 26.7 Å². The van der Waals surface area contributed by atoms with Gasteiger partial charge in [0.15, 0.2) is 5.17 Å². The van der Waals surface area contributed by atoms with Crippen molar-refractivity contribution < 1.29 is 19.1 Å². The lowest BCUT2D eigenvalue weighted by atomic mass is 10.2. The van der Waals surface area contributed by atoms with Crippen LogP contribution in [0.1, 0.15) is 42.6 Å². The van der Waals surface area contributed by atoms with Crippen LogP contribution in [-0.2, 0) is 9.53 Å². The van der Waals surface area contributed by atoms with Gasteiger partial charge in [0.25, 0.3) is 5.91 Å². The molecule has 0 aliphatic carbocycles. The normalized spacial score (nSPS) is 16.2. The number of ether oxygens (including phenoxy) is 2. The lowest BCUT2D eigenvalue weighted by Gasteiger charge is -2.12. The van der Waals surface area contributed by atoms with Gasteiger partial charge < -0.3 is 9.47 Å². The van der Waals surface area contributed by atoms with Gasteiger partial charge in [0.05, 0.1) is 29.9 Å². The number of amides is 1. The van der Waals surface area contributed by atoms with Crippen LogP contribution in [0, 0.1) is 0 Å². The van der Waals surface area contributed by atoms with Crippen molar-refractivity contribution >= 4 is 40.6 Å². The Bertz CT molecular complexity index is 1020. The number of hydrogen-bond donors (Lipinski definition) is 0. The molecule has 0 N–H and O–H groups in total. The summed E-state index contributed by atoms with van der Waals surface area (Å²) in [6, 6.07) is 14.6. The van der Waals surface area contributed by atoms with E-state index in [4.69, 9.17) is 9.47 Å². The number of amidine groups is 1. The van der Waals surface area contributed by atoms with E-state index in [-0.39, 0.29) is 5.91 Å². The zero-order chi connectivity index (χ0) is 22.2. The van der Waals surface area contributed by atoms with Crippen LogP contribution >= 0.6 is 11.8 Å². The van der Waals surface area contributed by atoms with Gasteiger partial charge in [-0.2, -0.15) is 0 Å². The Balaban J connectivity index is 1.84. The number of esters is 1. The maximum Gasteiger partial charge on any atom is 0.337 e. The minimum absolute atomic E-state index is 0.0901. The number of nitrogens with zero attached hydrogens (tertiary/aromatic N) is 2. The SMILES string of the molecule is CCCCOc1cccc(C=C2SC(=Nc3cccc(C(=O)OC)c3)N(CC)C2=O)c1. The minimum Gasteiger partial charge on any atom is -0.494 e. The Hall–Kier alpha value is -3.06. The number of rotatable bonds is 8. The number of carbonyl (C=O) groups is 2. The molecule has 1 heterocycles. The smallest absolute Gasteiger partial charge is 0.337 e. The Labute approximate surface area is 187 Å². The van der Waals surface area contributed by atoms with Crippen LogP contribution in [0.25, 0.3) is 6.08 Å². The van der Waals surface area contributed by atoms with E-state index in [0.717, 1.165) is 24.2 Å². The molecule has 2 aromatic rings. The summed E-state index contributed by atoms with van der Waals surface area (Å²) in [6.45, 7) is 5.20. The van der Waals surface area contributed by atoms with Crippen LogP contribution in [0.5, 0.6) is 5.75 Å². The van der Waals surface area contributed by atoms with Crippen LogP contribution in [0.3, 0.4) is 0 Å². The van der Waals surface area contributed by atoms with Gasteiger partial charge in [-0.25, -0.2) is 9.79 Å². The predicted octanol–water partition coefficient (Wildman–Crippen LogP) is 5.28. The molecule has 0 radical (unpaired) electrons. The van der Waals surface area contributed by atoms with Gasteiger partial charge in [-0.1, -0.05) is 31.5 Å². The maximum absolute atomic E-state index is 12.9. The summed E-state index contributed by atoms with van der Waals surface area (Å²) in [7, 11) is 1.34. The molecule has 2 aromatic carbocycles. The highest BCUT2D eigenvalue weighted by atomic mass is 32.2. The standard InChI is InChI=1S/C24H26N2O4S/c1-4-6-13-30-20-12-7-9-17(14-20)15-21-22(27)26(5-2)24(31-21)25-19-11-8-10-18(16-19)23(28)29-3/h7-12,14-16H,4-6,13H2,1-3H3. The highest BCUT2D eigenvalue weighted by Gasteiger charge is 2.32. The second kappa shape index (κ2) is 10.8. The summed E-state index contributed by atoms with van der Waals surface area (Å²) in [5.74, 6) is 0.276.